The fraction of sp³-hybridized carbons (Fsp3) is 0.333. The Morgan fingerprint density at radius 3 is 2.16 bits per heavy atom. The van der Waals surface area contributed by atoms with Gasteiger partial charge in [0, 0.05) is 21.7 Å². The number of ether oxygens (including phenoxy) is 2. The van der Waals surface area contributed by atoms with E-state index in [2.05, 4.69) is 5.32 Å². The largest absolute Gasteiger partial charge is 0.469 e. The number of halogens is 2. The van der Waals surface area contributed by atoms with Crippen molar-refractivity contribution in [3.63, 3.8) is 0 Å². The minimum Gasteiger partial charge on any atom is -0.469 e. The Morgan fingerprint density at radius 1 is 0.968 bits per heavy atom. The third kappa shape index (κ3) is 5.60. The van der Waals surface area contributed by atoms with Crippen molar-refractivity contribution in [3.8, 4) is 0 Å². The zero-order valence-corrected chi connectivity index (χ0v) is 18.9. The lowest BCUT2D eigenvalue weighted by molar-refractivity contribution is -0.153. The van der Waals surface area contributed by atoms with Crippen LogP contribution >= 0.6 is 23.2 Å². The van der Waals surface area contributed by atoms with Crippen LogP contribution in [0.4, 0.5) is 5.69 Å². The van der Waals surface area contributed by atoms with Crippen molar-refractivity contribution >= 4 is 40.8 Å². The van der Waals surface area contributed by atoms with E-state index in [0.717, 1.165) is 17.7 Å². The molecule has 0 spiro atoms. The molecule has 0 unspecified atom stereocenters. The van der Waals surface area contributed by atoms with E-state index < -0.39 is 29.8 Å². The maximum absolute atomic E-state index is 13.1. The molecule has 4 atom stereocenters. The van der Waals surface area contributed by atoms with E-state index in [9.17, 15) is 9.59 Å². The molecule has 0 heterocycles. The van der Waals surface area contributed by atoms with Gasteiger partial charge in [0.25, 0.3) is 0 Å². The smallest absolute Gasteiger partial charge is 0.311 e. The minimum absolute atomic E-state index is 0.329. The molecule has 1 aliphatic carbocycles. The van der Waals surface area contributed by atoms with Crippen LogP contribution in [0.2, 0.25) is 10.0 Å². The summed E-state index contributed by atoms with van der Waals surface area (Å²) in [5.74, 6) is -2.26. The van der Waals surface area contributed by atoms with E-state index in [1.54, 1.807) is 24.3 Å². The van der Waals surface area contributed by atoms with E-state index in [4.69, 9.17) is 32.7 Å². The maximum atomic E-state index is 13.1. The zero-order valence-electron chi connectivity index (χ0n) is 17.4. The van der Waals surface area contributed by atoms with Gasteiger partial charge < -0.3 is 14.8 Å². The molecule has 2 aromatic carbocycles. The van der Waals surface area contributed by atoms with Crippen LogP contribution in [0, 0.1) is 17.8 Å². The minimum atomic E-state index is -0.678. The first kappa shape index (κ1) is 23.2. The van der Waals surface area contributed by atoms with Gasteiger partial charge in [0.2, 0.25) is 0 Å². The van der Waals surface area contributed by atoms with Crippen LogP contribution in [0.3, 0.4) is 0 Å². The van der Waals surface area contributed by atoms with Crippen molar-refractivity contribution in [2.24, 2.45) is 17.8 Å². The predicted molar refractivity (Wildman–Crippen MR) is 122 cm³/mol. The number of hydrogen-bond acceptors (Lipinski definition) is 5. The van der Waals surface area contributed by atoms with Crippen LogP contribution in [-0.4, -0.2) is 26.2 Å². The first-order valence-electron chi connectivity index (χ1n) is 10.0. The molecular formula is C24H25Cl2NO4. The van der Waals surface area contributed by atoms with E-state index in [-0.39, 0.29) is 5.97 Å². The summed E-state index contributed by atoms with van der Waals surface area (Å²) in [5.41, 5.74) is 1.63. The second-order valence-corrected chi connectivity index (χ2v) is 8.31. The van der Waals surface area contributed by atoms with Crippen LogP contribution in [0.5, 0.6) is 0 Å². The number of nitrogens with one attached hydrogen (secondary N) is 1. The van der Waals surface area contributed by atoms with Crippen LogP contribution in [-0.2, 0) is 19.1 Å². The van der Waals surface area contributed by atoms with Crippen LogP contribution in [0.25, 0.3) is 0 Å². The summed E-state index contributed by atoms with van der Waals surface area (Å²) in [4.78, 5) is 25.6. The highest BCUT2D eigenvalue weighted by atomic mass is 35.5. The fourth-order valence-electron chi connectivity index (χ4n) is 4.08. The lowest BCUT2D eigenvalue weighted by Crippen LogP contribution is -2.40. The van der Waals surface area contributed by atoms with E-state index in [0.29, 0.717) is 16.5 Å². The van der Waals surface area contributed by atoms with Crippen molar-refractivity contribution in [2.75, 3.05) is 19.5 Å². The average Bonchev–Trinajstić information content (AvgIpc) is 2.80. The van der Waals surface area contributed by atoms with Crippen molar-refractivity contribution in [1.29, 1.82) is 0 Å². The highest BCUT2D eigenvalue weighted by Gasteiger charge is 2.43. The normalized spacial score (nSPS) is 19.9. The Hall–Kier alpha value is -2.50. The molecule has 1 N–H and O–H groups in total. The molecule has 5 nitrogen and oxygen atoms in total. The predicted octanol–water partition coefficient (Wildman–Crippen LogP) is 5.69. The summed E-state index contributed by atoms with van der Waals surface area (Å²) < 4.78 is 10.2. The Morgan fingerprint density at radius 2 is 1.58 bits per heavy atom. The third-order valence-electron chi connectivity index (χ3n) is 5.61. The van der Waals surface area contributed by atoms with E-state index in [1.807, 2.05) is 36.4 Å². The van der Waals surface area contributed by atoms with Gasteiger partial charge >= 0.3 is 11.9 Å². The number of esters is 2. The summed E-state index contributed by atoms with van der Waals surface area (Å²) in [6.07, 6.45) is 5.29. The molecule has 0 bridgehead atoms. The molecule has 7 heteroatoms. The summed E-state index contributed by atoms with van der Waals surface area (Å²) in [6.45, 7) is 0. The summed E-state index contributed by atoms with van der Waals surface area (Å²) in [6, 6.07) is 14.0. The summed E-state index contributed by atoms with van der Waals surface area (Å²) >= 11 is 12.1. The molecule has 0 aromatic heterocycles. The van der Waals surface area contributed by atoms with Crippen LogP contribution in [0.15, 0.2) is 60.7 Å². The van der Waals surface area contributed by atoms with Crippen LogP contribution < -0.4 is 5.32 Å². The lowest BCUT2D eigenvalue weighted by atomic mass is 9.72. The second kappa shape index (κ2) is 10.7. The third-order valence-corrected chi connectivity index (χ3v) is 6.12. The van der Waals surface area contributed by atoms with E-state index in [1.165, 1.54) is 14.2 Å². The van der Waals surface area contributed by atoms with Gasteiger partial charge in [0.15, 0.2) is 0 Å². The summed E-state index contributed by atoms with van der Waals surface area (Å²) in [7, 11) is 2.73. The maximum Gasteiger partial charge on any atom is 0.311 e. The second-order valence-electron chi connectivity index (χ2n) is 7.44. The molecule has 0 saturated carbocycles. The van der Waals surface area contributed by atoms with Gasteiger partial charge in [0.1, 0.15) is 0 Å². The topological polar surface area (TPSA) is 64.6 Å². The van der Waals surface area contributed by atoms with Crippen molar-refractivity contribution < 1.29 is 19.1 Å². The Bertz CT molecular complexity index is 928. The number of rotatable bonds is 7. The Kier molecular flexibility index (Phi) is 7.99. The van der Waals surface area contributed by atoms with Crippen molar-refractivity contribution in [2.45, 2.75) is 18.9 Å². The van der Waals surface area contributed by atoms with Gasteiger partial charge in [-0.1, -0.05) is 47.5 Å². The first-order valence-corrected chi connectivity index (χ1v) is 10.8. The molecular weight excluding hydrogens is 437 g/mol. The number of carbonyl (C=O) groups is 2. The number of carbonyl (C=O) groups excluding carboxylic acids is 2. The molecule has 0 aliphatic heterocycles. The molecule has 2 aromatic rings. The highest BCUT2D eigenvalue weighted by molar-refractivity contribution is 6.30. The van der Waals surface area contributed by atoms with Crippen molar-refractivity contribution in [3.05, 3.63) is 76.3 Å². The lowest BCUT2D eigenvalue weighted by Gasteiger charge is -2.36. The summed E-state index contributed by atoms with van der Waals surface area (Å²) in [5, 5.41) is 4.65. The van der Waals surface area contributed by atoms with Gasteiger partial charge in [-0.15, -0.1) is 0 Å². The number of anilines is 1. The van der Waals surface area contributed by atoms with Crippen molar-refractivity contribution in [1.82, 2.24) is 0 Å². The Balaban J connectivity index is 2.08. The fourth-order valence-corrected chi connectivity index (χ4v) is 4.33. The number of methoxy groups -OCH3 is 2. The molecule has 31 heavy (non-hydrogen) atoms. The molecule has 3 rings (SSSR count). The highest BCUT2D eigenvalue weighted by Crippen LogP contribution is 2.41. The molecule has 0 fully saturated rings. The van der Waals surface area contributed by atoms with Gasteiger partial charge in [-0.3, -0.25) is 9.59 Å². The average molecular weight is 462 g/mol. The molecule has 0 radical (unpaired) electrons. The van der Waals surface area contributed by atoms with Gasteiger partial charge in [0.05, 0.1) is 32.1 Å². The zero-order chi connectivity index (χ0) is 22.4. The number of allylic oxidation sites excluding steroid dienone is 2. The monoisotopic (exact) mass is 461 g/mol. The van der Waals surface area contributed by atoms with Gasteiger partial charge in [-0.05, 0) is 54.8 Å². The number of hydrogen-bond donors (Lipinski definition) is 1. The molecule has 1 aliphatic rings. The molecule has 0 amide bonds. The SMILES string of the molecule is COC(=O)[C@H]([C@H]1C=CCC[C@@H]1C(=O)OC)[C@H](Nc1ccc(Cl)cc1)c1ccc(Cl)cc1. The quantitative estimate of drug-likeness (QED) is 0.423. The van der Waals surface area contributed by atoms with Crippen LogP contribution in [0.1, 0.15) is 24.4 Å². The Labute approximate surface area is 192 Å². The first-order chi connectivity index (χ1) is 14.9. The standard InChI is InChI=1S/C24H25Cl2NO4/c1-30-23(28)20-6-4-3-5-19(20)21(24(29)31-2)22(15-7-9-16(25)10-8-15)27-18-13-11-17(26)12-14-18/h3,5,7-14,19-22,27H,4,6H2,1-2H3/t19-,20-,21+,22+/m0/s1. The van der Waals surface area contributed by atoms with E-state index >= 15 is 0 Å². The van der Waals surface area contributed by atoms with Gasteiger partial charge in [-0.2, -0.15) is 0 Å². The molecule has 0 saturated heterocycles. The molecule has 164 valence electrons. The number of benzene rings is 2. The van der Waals surface area contributed by atoms with Gasteiger partial charge in [-0.25, -0.2) is 0 Å².